The van der Waals surface area contributed by atoms with Crippen molar-refractivity contribution < 1.29 is 23.9 Å². The summed E-state index contributed by atoms with van der Waals surface area (Å²) in [5, 5.41) is 5.63. The lowest BCUT2D eigenvalue weighted by molar-refractivity contribution is -0.138. The number of benzene rings is 2. The number of imidazole rings is 4. The molecule has 0 radical (unpaired) electrons. The molecule has 0 bridgehead atoms. The van der Waals surface area contributed by atoms with Crippen LogP contribution in [0.2, 0.25) is 0 Å². The fourth-order valence-electron chi connectivity index (χ4n) is 8.71. The number of H-pyrrole nitrogens is 4. The molecule has 60 heavy (non-hydrogen) atoms. The van der Waals surface area contributed by atoms with E-state index >= 15 is 0 Å². The highest BCUT2D eigenvalue weighted by Gasteiger charge is 2.39. The molecule has 6 aromatic rings. The summed E-state index contributed by atoms with van der Waals surface area (Å²) in [6, 6.07) is 6.33. The second kappa shape index (κ2) is 16.6. The highest BCUT2D eigenvalue weighted by atomic mass is 16.5. The fraction of sp³-hybridized carbons (Fsp3) is 0.442. The molecule has 17 heteroatoms. The van der Waals surface area contributed by atoms with E-state index in [1.54, 1.807) is 36.9 Å². The number of nitrogens with zero attached hydrogens (tertiary/aromatic N) is 6. The summed E-state index contributed by atoms with van der Waals surface area (Å²) in [4.78, 5) is 88.1. The number of carbonyl (C=O) groups excluding carboxylic acids is 4. The van der Waals surface area contributed by atoms with Crippen molar-refractivity contribution in [2.45, 2.75) is 90.9 Å². The summed E-state index contributed by atoms with van der Waals surface area (Å²) in [7, 11) is 1.28. The number of methoxy groups -OCH3 is 1. The molecule has 314 valence electrons. The number of hydrogen-bond acceptors (Lipinski definition) is 9. The van der Waals surface area contributed by atoms with Gasteiger partial charge in [-0.05, 0) is 49.7 Å². The van der Waals surface area contributed by atoms with Gasteiger partial charge in [-0.15, -0.1) is 0 Å². The zero-order valence-corrected chi connectivity index (χ0v) is 34.8. The second-order valence-electron chi connectivity index (χ2n) is 16.3. The SMILES string of the molecule is CCC(=O)N[C@H](C(=O)N1CCC[C@H]1c1ncc(-c2ccc(-c3ccc(-c4cnc([C@@H]5CCCN5C(=O)[C@@H](NC(=O)OC)C(C)C)[nH]4)c4nc[nH]c34)c3[nH]cnc23)[nH]1)C(C)C. The maximum atomic E-state index is 13.8. The molecule has 0 saturated carbocycles. The summed E-state index contributed by atoms with van der Waals surface area (Å²) in [6.07, 6.45) is 9.78. The molecule has 0 spiro atoms. The first-order valence-corrected chi connectivity index (χ1v) is 20.8. The molecule has 6 heterocycles. The minimum atomic E-state index is -0.721. The largest absolute Gasteiger partial charge is 0.453 e. The second-order valence-corrected chi connectivity index (χ2v) is 16.3. The van der Waals surface area contributed by atoms with Gasteiger partial charge in [-0.3, -0.25) is 14.4 Å². The van der Waals surface area contributed by atoms with E-state index in [0.29, 0.717) is 31.2 Å². The monoisotopic (exact) mass is 816 g/mol. The average Bonchev–Trinajstić information content (AvgIpc) is 4.10. The van der Waals surface area contributed by atoms with Crippen LogP contribution in [0.5, 0.6) is 0 Å². The van der Waals surface area contributed by atoms with Gasteiger partial charge in [-0.25, -0.2) is 24.7 Å². The van der Waals surface area contributed by atoms with Crippen LogP contribution in [0.1, 0.15) is 90.5 Å². The molecule has 2 saturated heterocycles. The number of nitrogens with one attached hydrogen (secondary N) is 6. The Morgan fingerprint density at radius 2 is 1.15 bits per heavy atom. The van der Waals surface area contributed by atoms with Crippen molar-refractivity contribution in [2.24, 2.45) is 11.8 Å². The van der Waals surface area contributed by atoms with E-state index in [1.807, 2.05) is 44.7 Å². The zero-order valence-electron chi connectivity index (χ0n) is 34.8. The normalized spacial score (nSPS) is 17.9. The molecule has 0 unspecified atom stereocenters. The smallest absolute Gasteiger partial charge is 0.407 e. The lowest BCUT2D eigenvalue weighted by Gasteiger charge is -2.30. The number of aromatic amines is 4. The third-order valence-corrected chi connectivity index (χ3v) is 11.9. The maximum absolute atomic E-state index is 13.8. The summed E-state index contributed by atoms with van der Waals surface area (Å²) >= 11 is 0. The summed E-state index contributed by atoms with van der Waals surface area (Å²) in [6.45, 7) is 10.6. The number of alkyl carbamates (subject to hydrolysis) is 1. The molecule has 17 nitrogen and oxygen atoms in total. The van der Waals surface area contributed by atoms with Gasteiger partial charge in [-0.2, -0.15) is 0 Å². The molecule has 4 aromatic heterocycles. The number of rotatable bonds is 12. The number of amides is 4. The quantitative estimate of drug-likeness (QED) is 0.0833. The van der Waals surface area contributed by atoms with Crippen LogP contribution in [0.3, 0.4) is 0 Å². The number of carbonyl (C=O) groups is 4. The molecule has 6 N–H and O–H groups in total. The average molecular weight is 817 g/mol. The molecular formula is C43H52N12O5. The van der Waals surface area contributed by atoms with Crippen molar-refractivity contribution in [3.8, 4) is 33.6 Å². The highest BCUT2D eigenvalue weighted by Crippen LogP contribution is 2.40. The molecule has 8 rings (SSSR count). The zero-order chi connectivity index (χ0) is 42.2. The molecule has 2 aliphatic rings. The van der Waals surface area contributed by atoms with Gasteiger partial charge in [0.1, 0.15) is 23.7 Å². The summed E-state index contributed by atoms with van der Waals surface area (Å²) < 4.78 is 4.78. The number of hydrogen-bond donors (Lipinski definition) is 6. The van der Waals surface area contributed by atoms with Gasteiger partial charge in [0.05, 0.1) is 77.7 Å². The molecule has 2 fully saturated rings. The number of aromatic nitrogens is 8. The molecule has 4 amide bonds. The van der Waals surface area contributed by atoms with Crippen LogP contribution >= 0.6 is 0 Å². The van der Waals surface area contributed by atoms with E-state index in [0.717, 1.165) is 81.4 Å². The van der Waals surface area contributed by atoms with Crippen LogP contribution in [-0.2, 0) is 19.1 Å². The Hall–Kier alpha value is -6.52. The lowest BCUT2D eigenvalue weighted by atomic mass is 9.97. The minimum absolute atomic E-state index is 0.0557. The van der Waals surface area contributed by atoms with Gasteiger partial charge >= 0.3 is 6.09 Å². The topological polar surface area (TPSA) is 223 Å². The standard InChI is InChI=1S/C43H52N12O5/c1-7-32(56)52-33(22(2)3)41(57)54-16-8-10-30(54)39-44-18-28(50-39)26-14-12-24(35-37(26)48-20-46-35)25-13-15-27(38-36(25)47-21-49-38)29-19-45-40(51-29)31-11-9-17-55(31)42(58)34(23(4)5)53-43(59)60-6/h12-15,18-23,30-31,33-34H,7-11,16-17H2,1-6H3,(H,44,50)(H,45,51)(H,46,48)(H,47,49)(H,52,56)(H,53,59)/t30-,31-,33-,34-/m0/s1. The number of likely N-dealkylation sites (tertiary alicyclic amines) is 2. The van der Waals surface area contributed by atoms with Crippen LogP contribution in [0.15, 0.2) is 49.3 Å². The van der Waals surface area contributed by atoms with Crippen LogP contribution in [0, 0.1) is 11.8 Å². The Balaban J connectivity index is 1.05. The number of ether oxygens (including phenoxy) is 1. The van der Waals surface area contributed by atoms with Crippen LogP contribution in [0.4, 0.5) is 4.79 Å². The first-order chi connectivity index (χ1) is 29.0. The van der Waals surface area contributed by atoms with E-state index in [-0.39, 0.29) is 41.6 Å². The summed E-state index contributed by atoms with van der Waals surface area (Å²) in [5.74, 6) is 0.790. The van der Waals surface area contributed by atoms with Crippen molar-refractivity contribution in [2.75, 3.05) is 20.2 Å². The first kappa shape index (κ1) is 40.3. The lowest BCUT2D eigenvalue weighted by Crippen LogP contribution is -2.51. The van der Waals surface area contributed by atoms with E-state index < -0.39 is 18.2 Å². The van der Waals surface area contributed by atoms with E-state index in [2.05, 4.69) is 42.7 Å². The first-order valence-electron chi connectivity index (χ1n) is 20.8. The van der Waals surface area contributed by atoms with Crippen LogP contribution in [-0.4, -0.2) is 106 Å². The predicted molar refractivity (Wildman–Crippen MR) is 225 cm³/mol. The Morgan fingerprint density at radius 3 is 1.58 bits per heavy atom. The maximum Gasteiger partial charge on any atom is 0.407 e. The van der Waals surface area contributed by atoms with Gasteiger partial charge in [0.15, 0.2) is 0 Å². The van der Waals surface area contributed by atoms with Crippen molar-refractivity contribution >= 4 is 45.9 Å². The van der Waals surface area contributed by atoms with Gasteiger partial charge in [0.2, 0.25) is 17.7 Å². The highest BCUT2D eigenvalue weighted by molar-refractivity contribution is 6.07. The molecule has 4 atom stereocenters. The summed E-state index contributed by atoms with van der Waals surface area (Å²) in [5.41, 5.74) is 8.32. The third kappa shape index (κ3) is 7.36. The van der Waals surface area contributed by atoms with Gasteiger partial charge < -0.3 is 45.1 Å². The van der Waals surface area contributed by atoms with E-state index in [4.69, 9.17) is 24.7 Å². The van der Waals surface area contributed by atoms with Crippen molar-refractivity contribution in [3.63, 3.8) is 0 Å². The van der Waals surface area contributed by atoms with Crippen LogP contribution < -0.4 is 10.6 Å². The van der Waals surface area contributed by atoms with E-state index in [1.165, 1.54) is 7.11 Å². The van der Waals surface area contributed by atoms with E-state index in [9.17, 15) is 19.2 Å². The Labute approximate surface area is 346 Å². The van der Waals surface area contributed by atoms with Gasteiger partial charge in [0, 0.05) is 41.8 Å². The number of fused-ring (bicyclic) bond motifs is 2. The Morgan fingerprint density at radius 1 is 0.700 bits per heavy atom. The molecule has 0 aliphatic carbocycles. The minimum Gasteiger partial charge on any atom is -0.453 e. The van der Waals surface area contributed by atoms with Gasteiger partial charge in [0.25, 0.3) is 0 Å². The van der Waals surface area contributed by atoms with Gasteiger partial charge in [-0.1, -0.05) is 46.8 Å². The fourth-order valence-corrected chi connectivity index (χ4v) is 8.71. The predicted octanol–water partition coefficient (Wildman–Crippen LogP) is 6.14. The molecule has 2 aromatic carbocycles. The van der Waals surface area contributed by atoms with Crippen molar-refractivity contribution in [1.82, 2.24) is 60.3 Å². The van der Waals surface area contributed by atoms with Crippen LogP contribution in [0.25, 0.3) is 55.7 Å². The van der Waals surface area contributed by atoms with Crippen molar-refractivity contribution in [1.29, 1.82) is 0 Å². The molecule has 2 aliphatic heterocycles. The molecular weight excluding hydrogens is 765 g/mol. The van der Waals surface area contributed by atoms with Crippen molar-refractivity contribution in [3.05, 3.63) is 61.0 Å². The Bertz CT molecular complexity index is 2370. The Kier molecular flexibility index (Phi) is 11.2. The third-order valence-electron chi connectivity index (χ3n) is 11.9.